The first kappa shape index (κ1) is 13.2. The van der Waals surface area contributed by atoms with Crippen LogP contribution in [0.1, 0.15) is 16.7 Å². The Hall–Kier alpha value is -1.80. The molecular formula is C18H21NO. The molecule has 0 amide bonds. The van der Waals surface area contributed by atoms with Crippen molar-refractivity contribution in [2.75, 3.05) is 13.2 Å². The molecule has 3 rings (SSSR count). The van der Waals surface area contributed by atoms with Gasteiger partial charge < -0.3 is 10.5 Å². The van der Waals surface area contributed by atoms with Crippen LogP contribution in [0.4, 0.5) is 0 Å². The fourth-order valence-electron chi connectivity index (χ4n) is 2.93. The number of para-hydroxylation sites is 1. The zero-order chi connectivity index (χ0) is 13.8. The van der Waals surface area contributed by atoms with Gasteiger partial charge in [0.05, 0.1) is 6.61 Å². The number of fused-ring (bicyclic) bond motifs is 1. The second-order valence-corrected chi connectivity index (χ2v) is 5.55. The summed E-state index contributed by atoms with van der Waals surface area (Å²) in [7, 11) is 0. The standard InChI is InChI=1S/C18H21NO/c19-9-8-14-4-3-5-15(10-14)11-16-12-17-6-1-2-7-18(17)20-13-16/h1-7,10,16H,8-9,11-13,19H2/t16-/m1/s1. The molecule has 2 heteroatoms. The minimum absolute atomic E-state index is 0.568. The summed E-state index contributed by atoms with van der Waals surface area (Å²) >= 11 is 0. The van der Waals surface area contributed by atoms with Crippen LogP contribution in [0, 0.1) is 5.92 Å². The van der Waals surface area contributed by atoms with Crippen molar-refractivity contribution in [2.45, 2.75) is 19.3 Å². The Morgan fingerprint density at radius 1 is 1.05 bits per heavy atom. The van der Waals surface area contributed by atoms with E-state index in [4.69, 9.17) is 10.5 Å². The van der Waals surface area contributed by atoms with Crippen LogP contribution in [0.5, 0.6) is 5.75 Å². The summed E-state index contributed by atoms with van der Waals surface area (Å²) in [5, 5.41) is 0. The minimum Gasteiger partial charge on any atom is -0.493 e. The van der Waals surface area contributed by atoms with Gasteiger partial charge in [0.15, 0.2) is 0 Å². The highest BCUT2D eigenvalue weighted by Crippen LogP contribution is 2.28. The third-order valence-corrected chi connectivity index (χ3v) is 3.90. The van der Waals surface area contributed by atoms with Crippen LogP contribution in [-0.2, 0) is 19.3 Å². The molecule has 1 heterocycles. The van der Waals surface area contributed by atoms with Gasteiger partial charge in [0.25, 0.3) is 0 Å². The van der Waals surface area contributed by atoms with Crippen LogP contribution in [0.25, 0.3) is 0 Å². The zero-order valence-electron chi connectivity index (χ0n) is 11.7. The number of hydrogen-bond acceptors (Lipinski definition) is 2. The summed E-state index contributed by atoms with van der Waals surface area (Å²) < 4.78 is 5.87. The molecular weight excluding hydrogens is 246 g/mol. The summed E-state index contributed by atoms with van der Waals surface area (Å²) in [6, 6.07) is 17.1. The molecule has 0 fully saturated rings. The second-order valence-electron chi connectivity index (χ2n) is 5.55. The van der Waals surface area contributed by atoms with Crippen molar-refractivity contribution in [3.05, 3.63) is 65.2 Å². The van der Waals surface area contributed by atoms with Gasteiger partial charge in [-0.1, -0.05) is 42.5 Å². The maximum Gasteiger partial charge on any atom is 0.122 e. The van der Waals surface area contributed by atoms with E-state index in [0.29, 0.717) is 12.5 Å². The molecule has 0 aromatic heterocycles. The molecule has 2 N–H and O–H groups in total. The van der Waals surface area contributed by atoms with Crippen LogP contribution in [0.15, 0.2) is 48.5 Å². The topological polar surface area (TPSA) is 35.2 Å². The van der Waals surface area contributed by atoms with E-state index in [2.05, 4.69) is 42.5 Å². The van der Waals surface area contributed by atoms with Crippen LogP contribution >= 0.6 is 0 Å². The molecule has 2 aromatic rings. The van der Waals surface area contributed by atoms with E-state index >= 15 is 0 Å². The molecule has 0 aliphatic carbocycles. The van der Waals surface area contributed by atoms with Crippen LogP contribution in [-0.4, -0.2) is 13.2 Å². The molecule has 20 heavy (non-hydrogen) atoms. The molecule has 1 aliphatic rings. The molecule has 2 nitrogen and oxygen atoms in total. The van der Waals surface area contributed by atoms with Crippen molar-refractivity contribution in [3.8, 4) is 5.75 Å². The second kappa shape index (κ2) is 6.10. The van der Waals surface area contributed by atoms with Crippen molar-refractivity contribution in [1.82, 2.24) is 0 Å². The van der Waals surface area contributed by atoms with Gasteiger partial charge >= 0.3 is 0 Å². The first-order valence-corrected chi connectivity index (χ1v) is 7.34. The Morgan fingerprint density at radius 2 is 1.90 bits per heavy atom. The van der Waals surface area contributed by atoms with Crippen LogP contribution in [0.2, 0.25) is 0 Å². The van der Waals surface area contributed by atoms with Gasteiger partial charge in [-0.2, -0.15) is 0 Å². The number of hydrogen-bond donors (Lipinski definition) is 1. The summed E-state index contributed by atoms with van der Waals surface area (Å²) in [5.41, 5.74) is 9.69. The predicted octanol–water partition coefficient (Wildman–Crippen LogP) is 2.98. The quantitative estimate of drug-likeness (QED) is 0.924. The average Bonchev–Trinajstić information content (AvgIpc) is 2.48. The first-order valence-electron chi connectivity index (χ1n) is 7.34. The molecule has 104 valence electrons. The number of ether oxygens (including phenoxy) is 1. The fourth-order valence-corrected chi connectivity index (χ4v) is 2.93. The van der Waals surface area contributed by atoms with E-state index in [9.17, 15) is 0 Å². The largest absolute Gasteiger partial charge is 0.493 e. The summed E-state index contributed by atoms with van der Waals surface area (Å²) in [6.07, 6.45) is 3.14. The molecule has 2 aromatic carbocycles. The Balaban J connectivity index is 1.69. The summed E-state index contributed by atoms with van der Waals surface area (Å²) in [4.78, 5) is 0. The summed E-state index contributed by atoms with van der Waals surface area (Å²) in [5.74, 6) is 1.62. The van der Waals surface area contributed by atoms with Gasteiger partial charge in [-0.05, 0) is 48.6 Å². The SMILES string of the molecule is NCCc1cccc(C[C@H]2COc3ccccc3C2)c1. The molecule has 0 radical (unpaired) electrons. The lowest BCUT2D eigenvalue weighted by molar-refractivity contribution is 0.221. The molecule has 0 saturated carbocycles. The van der Waals surface area contributed by atoms with E-state index in [1.54, 1.807) is 0 Å². The van der Waals surface area contributed by atoms with Gasteiger partial charge in [0.1, 0.15) is 5.75 Å². The van der Waals surface area contributed by atoms with E-state index < -0.39 is 0 Å². The highest BCUT2D eigenvalue weighted by molar-refractivity contribution is 5.35. The zero-order valence-corrected chi connectivity index (χ0v) is 11.7. The lowest BCUT2D eigenvalue weighted by Crippen LogP contribution is -2.22. The Kier molecular flexibility index (Phi) is 4.03. The summed E-state index contributed by atoms with van der Waals surface area (Å²) in [6.45, 7) is 1.53. The monoisotopic (exact) mass is 267 g/mol. The maximum atomic E-state index is 5.87. The predicted molar refractivity (Wildman–Crippen MR) is 82.0 cm³/mol. The minimum atomic E-state index is 0.568. The van der Waals surface area contributed by atoms with Gasteiger partial charge in [-0.3, -0.25) is 0 Å². The van der Waals surface area contributed by atoms with Crippen molar-refractivity contribution < 1.29 is 4.74 Å². The van der Waals surface area contributed by atoms with E-state index in [0.717, 1.165) is 31.6 Å². The molecule has 0 spiro atoms. The third-order valence-electron chi connectivity index (χ3n) is 3.90. The molecule has 1 atom stereocenters. The smallest absolute Gasteiger partial charge is 0.122 e. The van der Waals surface area contributed by atoms with Gasteiger partial charge in [-0.25, -0.2) is 0 Å². The Morgan fingerprint density at radius 3 is 2.80 bits per heavy atom. The molecule has 0 unspecified atom stereocenters. The lowest BCUT2D eigenvalue weighted by atomic mass is 9.90. The number of nitrogens with two attached hydrogens (primary N) is 1. The Labute approximate surface area is 120 Å². The molecule has 1 aliphatic heterocycles. The maximum absolute atomic E-state index is 5.87. The van der Waals surface area contributed by atoms with E-state index in [1.807, 2.05) is 6.07 Å². The van der Waals surface area contributed by atoms with Crippen molar-refractivity contribution in [3.63, 3.8) is 0 Å². The first-order chi connectivity index (χ1) is 9.85. The molecule has 0 bridgehead atoms. The van der Waals surface area contributed by atoms with E-state index in [-0.39, 0.29) is 0 Å². The number of rotatable bonds is 4. The van der Waals surface area contributed by atoms with Crippen molar-refractivity contribution in [2.24, 2.45) is 11.7 Å². The lowest BCUT2D eigenvalue weighted by Gasteiger charge is -2.25. The van der Waals surface area contributed by atoms with E-state index in [1.165, 1.54) is 16.7 Å². The highest BCUT2D eigenvalue weighted by atomic mass is 16.5. The van der Waals surface area contributed by atoms with Gasteiger partial charge in [-0.15, -0.1) is 0 Å². The fraction of sp³-hybridized carbons (Fsp3) is 0.333. The molecule has 0 saturated heterocycles. The third kappa shape index (κ3) is 3.02. The number of benzene rings is 2. The van der Waals surface area contributed by atoms with Crippen molar-refractivity contribution in [1.29, 1.82) is 0 Å². The van der Waals surface area contributed by atoms with Crippen LogP contribution < -0.4 is 10.5 Å². The van der Waals surface area contributed by atoms with Crippen LogP contribution in [0.3, 0.4) is 0 Å². The normalized spacial score (nSPS) is 17.4. The van der Waals surface area contributed by atoms with Gasteiger partial charge in [0.2, 0.25) is 0 Å². The van der Waals surface area contributed by atoms with Gasteiger partial charge in [0, 0.05) is 5.92 Å². The Bertz CT molecular complexity index is 579. The highest BCUT2D eigenvalue weighted by Gasteiger charge is 2.19. The average molecular weight is 267 g/mol. The van der Waals surface area contributed by atoms with Crippen molar-refractivity contribution >= 4 is 0 Å².